The Bertz CT molecular complexity index is 919. The van der Waals surface area contributed by atoms with Gasteiger partial charge in [-0.15, -0.1) is 0 Å². The monoisotopic (exact) mass is 377 g/mol. The first-order valence-corrected chi connectivity index (χ1v) is 9.24. The standard InChI is InChI=1S/C22H23N3O3/c1-15(26)19(13-16-7-3-4-8-17(16)14-23)24-22(27)25(2)20-11-12-28-21-10-6-5-9-18(20)21/h3-10,19-20H,11-13H2,1-2H3,(H,24,27)/t19-,20-/m0/s1. The van der Waals surface area contributed by atoms with Gasteiger partial charge >= 0.3 is 6.03 Å². The van der Waals surface area contributed by atoms with Crippen molar-refractivity contribution in [1.82, 2.24) is 10.2 Å². The number of hydrogen-bond donors (Lipinski definition) is 1. The van der Waals surface area contributed by atoms with Crippen molar-refractivity contribution in [3.8, 4) is 11.8 Å². The number of para-hydroxylation sites is 1. The highest BCUT2D eigenvalue weighted by atomic mass is 16.5. The fraction of sp³-hybridized carbons (Fsp3) is 0.318. The molecule has 2 amide bonds. The summed E-state index contributed by atoms with van der Waals surface area (Å²) in [6, 6.07) is 15.8. The molecule has 1 N–H and O–H groups in total. The zero-order chi connectivity index (χ0) is 20.1. The number of carbonyl (C=O) groups is 2. The van der Waals surface area contributed by atoms with Gasteiger partial charge in [0.15, 0.2) is 5.78 Å². The predicted octanol–water partition coefficient (Wildman–Crippen LogP) is 3.22. The second-order valence-corrected chi connectivity index (χ2v) is 6.89. The third-order valence-electron chi connectivity index (χ3n) is 5.06. The summed E-state index contributed by atoms with van der Waals surface area (Å²) in [6.45, 7) is 1.98. The second-order valence-electron chi connectivity index (χ2n) is 6.89. The molecular formula is C22H23N3O3. The van der Waals surface area contributed by atoms with Crippen LogP contribution < -0.4 is 10.1 Å². The Balaban J connectivity index is 1.74. The number of ether oxygens (including phenoxy) is 1. The lowest BCUT2D eigenvalue weighted by molar-refractivity contribution is -0.118. The Morgan fingerprint density at radius 2 is 1.96 bits per heavy atom. The minimum atomic E-state index is -0.695. The van der Waals surface area contributed by atoms with Crippen LogP contribution in [-0.2, 0) is 11.2 Å². The molecule has 2 aromatic carbocycles. The van der Waals surface area contributed by atoms with Crippen LogP contribution in [0.5, 0.6) is 5.75 Å². The highest BCUT2D eigenvalue weighted by Gasteiger charge is 2.29. The topological polar surface area (TPSA) is 82.4 Å². The molecule has 3 rings (SSSR count). The van der Waals surface area contributed by atoms with Crippen LogP contribution in [0.15, 0.2) is 48.5 Å². The van der Waals surface area contributed by atoms with E-state index < -0.39 is 6.04 Å². The van der Waals surface area contributed by atoms with Gasteiger partial charge in [0.25, 0.3) is 0 Å². The van der Waals surface area contributed by atoms with Gasteiger partial charge in [0.1, 0.15) is 5.75 Å². The molecule has 0 spiro atoms. The van der Waals surface area contributed by atoms with Crippen molar-refractivity contribution in [2.45, 2.75) is 31.8 Å². The molecule has 0 bridgehead atoms. The van der Waals surface area contributed by atoms with Crippen LogP contribution in [-0.4, -0.2) is 36.4 Å². The first-order chi connectivity index (χ1) is 13.5. The van der Waals surface area contributed by atoms with Crippen LogP contribution in [0.4, 0.5) is 4.79 Å². The fourth-order valence-electron chi connectivity index (χ4n) is 3.44. The molecule has 28 heavy (non-hydrogen) atoms. The van der Waals surface area contributed by atoms with Gasteiger partial charge in [0.05, 0.1) is 30.3 Å². The summed E-state index contributed by atoms with van der Waals surface area (Å²) >= 11 is 0. The first kappa shape index (κ1) is 19.4. The summed E-state index contributed by atoms with van der Waals surface area (Å²) in [7, 11) is 1.72. The Hall–Kier alpha value is -3.33. The average Bonchev–Trinajstić information content (AvgIpc) is 2.72. The molecule has 0 fully saturated rings. The number of rotatable bonds is 5. The van der Waals surface area contributed by atoms with Crippen molar-refractivity contribution in [3.63, 3.8) is 0 Å². The maximum Gasteiger partial charge on any atom is 0.318 e. The number of carbonyl (C=O) groups excluding carboxylic acids is 2. The highest BCUT2D eigenvalue weighted by Crippen LogP contribution is 2.35. The zero-order valence-electron chi connectivity index (χ0n) is 16.0. The second kappa shape index (κ2) is 8.57. The van der Waals surface area contributed by atoms with Gasteiger partial charge in [0, 0.05) is 25.5 Å². The lowest BCUT2D eigenvalue weighted by Gasteiger charge is -2.34. The molecule has 0 aromatic heterocycles. The summed E-state index contributed by atoms with van der Waals surface area (Å²) in [6.07, 6.45) is 0.964. The Kier molecular flexibility index (Phi) is 5.95. The number of fused-ring (bicyclic) bond motifs is 1. The van der Waals surface area contributed by atoms with Gasteiger partial charge < -0.3 is 15.0 Å². The van der Waals surface area contributed by atoms with E-state index in [2.05, 4.69) is 11.4 Å². The quantitative estimate of drug-likeness (QED) is 0.867. The lowest BCUT2D eigenvalue weighted by Crippen LogP contribution is -2.48. The van der Waals surface area contributed by atoms with E-state index in [1.807, 2.05) is 30.3 Å². The maximum atomic E-state index is 12.9. The van der Waals surface area contributed by atoms with E-state index in [0.29, 0.717) is 18.6 Å². The molecule has 0 unspecified atom stereocenters. The SMILES string of the molecule is CC(=O)[C@H](Cc1ccccc1C#N)NC(=O)N(C)[C@H]1CCOc2ccccc21. The number of Topliss-reactive ketones (excluding diaryl/α,β-unsaturated/α-hetero) is 1. The van der Waals surface area contributed by atoms with Crippen molar-refractivity contribution < 1.29 is 14.3 Å². The van der Waals surface area contributed by atoms with Gasteiger partial charge in [-0.3, -0.25) is 4.79 Å². The molecule has 0 saturated heterocycles. The Labute approximate surface area is 164 Å². The molecule has 0 radical (unpaired) electrons. The minimum absolute atomic E-state index is 0.121. The van der Waals surface area contributed by atoms with Crippen LogP contribution in [0.2, 0.25) is 0 Å². The van der Waals surface area contributed by atoms with E-state index in [9.17, 15) is 14.9 Å². The van der Waals surface area contributed by atoms with Crippen molar-refractivity contribution in [2.24, 2.45) is 0 Å². The molecule has 0 aliphatic carbocycles. The summed E-state index contributed by atoms with van der Waals surface area (Å²) in [4.78, 5) is 26.6. The van der Waals surface area contributed by atoms with Gasteiger partial charge in [0.2, 0.25) is 0 Å². The lowest BCUT2D eigenvalue weighted by atomic mass is 9.98. The number of nitrogens with zero attached hydrogens (tertiary/aromatic N) is 2. The van der Waals surface area contributed by atoms with E-state index in [-0.39, 0.29) is 24.3 Å². The van der Waals surface area contributed by atoms with Crippen molar-refractivity contribution in [1.29, 1.82) is 5.26 Å². The minimum Gasteiger partial charge on any atom is -0.493 e. The molecule has 1 aliphatic heterocycles. The van der Waals surface area contributed by atoms with E-state index in [1.165, 1.54) is 6.92 Å². The van der Waals surface area contributed by atoms with Crippen LogP contribution in [0.1, 0.15) is 36.1 Å². The van der Waals surface area contributed by atoms with E-state index >= 15 is 0 Å². The summed E-state index contributed by atoms with van der Waals surface area (Å²) in [5.41, 5.74) is 2.21. The Morgan fingerprint density at radius 1 is 1.25 bits per heavy atom. The Morgan fingerprint density at radius 3 is 2.71 bits per heavy atom. The van der Waals surface area contributed by atoms with E-state index in [4.69, 9.17) is 4.74 Å². The zero-order valence-corrected chi connectivity index (χ0v) is 16.0. The van der Waals surface area contributed by atoms with Crippen LogP contribution in [0.25, 0.3) is 0 Å². The molecule has 2 aromatic rings. The number of urea groups is 1. The summed E-state index contributed by atoms with van der Waals surface area (Å²) < 4.78 is 5.66. The molecule has 6 nitrogen and oxygen atoms in total. The van der Waals surface area contributed by atoms with Gasteiger partial charge in [-0.05, 0) is 24.6 Å². The summed E-state index contributed by atoms with van der Waals surface area (Å²) in [5.74, 6) is 0.631. The molecule has 1 aliphatic rings. The maximum absolute atomic E-state index is 12.9. The van der Waals surface area contributed by atoms with Gasteiger partial charge in [-0.25, -0.2) is 4.79 Å². The predicted molar refractivity (Wildman–Crippen MR) is 105 cm³/mol. The first-order valence-electron chi connectivity index (χ1n) is 9.24. The third kappa shape index (κ3) is 4.15. The van der Waals surface area contributed by atoms with Crippen molar-refractivity contribution in [2.75, 3.05) is 13.7 Å². The van der Waals surface area contributed by atoms with Crippen molar-refractivity contribution in [3.05, 3.63) is 65.2 Å². The average molecular weight is 377 g/mol. The largest absolute Gasteiger partial charge is 0.493 e. The third-order valence-corrected chi connectivity index (χ3v) is 5.06. The number of benzene rings is 2. The number of nitriles is 1. The smallest absolute Gasteiger partial charge is 0.318 e. The molecule has 1 heterocycles. The number of amides is 2. The molecule has 0 saturated carbocycles. The van der Waals surface area contributed by atoms with Crippen molar-refractivity contribution >= 4 is 11.8 Å². The molecule has 6 heteroatoms. The molecule has 2 atom stereocenters. The highest BCUT2D eigenvalue weighted by molar-refractivity contribution is 5.87. The van der Waals surface area contributed by atoms with E-state index in [1.54, 1.807) is 30.1 Å². The molecular weight excluding hydrogens is 354 g/mol. The molecule has 144 valence electrons. The number of hydrogen-bond acceptors (Lipinski definition) is 4. The van der Waals surface area contributed by atoms with Crippen LogP contribution >= 0.6 is 0 Å². The number of ketones is 1. The van der Waals surface area contributed by atoms with Crippen LogP contribution in [0.3, 0.4) is 0 Å². The van der Waals surface area contributed by atoms with Gasteiger partial charge in [-0.1, -0.05) is 36.4 Å². The fourth-order valence-corrected chi connectivity index (χ4v) is 3.44. The van der Waals surface area contributed by atoms with Gasteiger partial charge in [-0.2, -0.15) is 5.26 Å². The summed E-state index contributed by atoms with van der Waals surface area (Å²) in [5, 5.41) is 12.1. The normalized spacial score (nSPS) is 16.1. The van der Waals surface area contributed by atoms with Crippen LogP contribution in [0, 0.1) is 11.3 Å². The van der Waals surface area contributed by atoms with E-state index in [0.717, 1.165) is 16.9 Å². The number of nitrogens with one attached hydrogen (secondary N) is 1.